The van der Waals surface area contributed by atoms with Gasteiger partial charge in [0.05, 0.1) is 6.10 Å². The van der Waals surface area contributed by atoms with Crippen LogP contribution in [-0.2, 0) is 0 Å². The van der Waals surface area contributed by atoms with Gasteiger partial charge in [-0.15, -0.1) is 6.58 Å². The molecule has 0 saturated carbocycles. The van der Waals surface area contributed by atoms with Gasteiger partial charge in [-0.25, -0.2) is 0 Å². The minimum atomic E-state index is -0.392. The largest absolute Gasteiger partial charge is 0.389 e. The van der Waals surface area contributed by atoms with E-state index in [9.17, 15) is 5.11 Å². The van der Waals surface area contributed by atoms with Gasteiger partial charge in [-0.3, -0.25) is 0 Å². The molecular formula is C17H20O. The number of hydrogen-bond donors (Lipinski definition) is 1. The van der Waals surface area contributed by atoms with Crippen LogP contribution < -0.4 is 0 Å². The molecule has 0 aromatic heterocycles. The van der Waals surface area contributed by atoms with Gasteiger partial charge < -0.3 is 5.11 Å². The fraction of sp³-hybridized carbons (Fsp3) is 0.294. The fourth-order valence-electron chi connectivity index (χ4n) is 1.10. The van der Waals surface area contributed by atoms with E-state index >= 15 is 0 Å². The highest BCUT2D eigenvalue weighted by Gasteiger charge is 1.95. The predicted octanol–water partition coefficient (Wildman–Crippen LogP) is 3.40. The summed E-state index contributed by atoms with van der Waals surface area (Å²) in [5.74, 6) is 10.9. The number of hydrogen-bond acceptors (Lipinski definition) is 1. The molecule has 94 valence electrons. The molecule has 0 bridgehead atoms. The molecule has 0 rings (SSSR count). The van der Waals surface area contributed by atoms with Gasteiger partial charge in [-0.1, -0.05) is 42.2 Å². The van der Waals surface area contributed by atoms with E-state index in [0.29, 0.717) is 0 Å². The number of allylic oxidation sites excluding steroid dienone is 6. The summed E-state index contributed by atoms with van der Waals surface area (Å²) < 4.78 is 0. The van der Waals surface area contributed by atoms with E-state index in [1.54, 1.807) is 30.4 Å². The molecule has 1 nitrogen and oxygen atoms in total. The van der Waals surface area contributed by atoms with Crippen molar-refractivity contribution >= 4 is 0 Å². The van der Waals surface area contributed by atoms with Crippen molar-refractivity contribution in [3.63, 3.8) is 0 Å². The van der Waals surface area contributed by atoms with Crippen LogP contribution >= 0.6 is 0 Å². The first-order valence-corrected chi connectivity index (χ1v) is 6.05. The average molecular weight is 240 g/mol. The third-order valence-electron chi connectivity index (χ3n) is 1.99. The lowest BCUT2D eigenvalue weighted by atomic mass is 10.1. The molecule has 0 aromatic rings. The van der Waals surface area contributed by atoms with Crippen molar-refractivity contribution in [1.82, 2.24) is 0 Å². The normalized spacial score (nSPS) is 12.1. The molecule has 0 saturated heterocycles. The third kappa shape index (κ3) is 12.1. The first-order valence-electron chi connectivity index (χ1n) is 6.05. The van der Waals surface area contributed by atoms with Gasteiger partial charge in [0.1, 0.15) is 0 Å². The van der Waals surface area contributed by atoms with E-state index < -0.39 is 6.10 Å². The van der Waals surface area contributed by atoms with Gasteiger partial charge in [0.15, 0.2) is 0 Å². The summed E-state index contributed by atoms with van der Waals surface area (Å²) in [5.41, 5.74) is 0. The zero-order valence-electron chi connectivity index (χ0n) is 10.9. The molecule has 0 amide bonds. The van der Waals surface area contributed by atoms with Crippen LogP contribution in [0.4, 0.5) is 0 Å². The van der Waals surface area contributed by atoms with E-state index in [2.05, 4.69) is 30.3 Å². The molecule has 1 atom stereocenters. The van der Waals surface area contributed by atoms with Crippen LogP contribution in [0.5, 0.6) is 0 Å². The summed E-state index contributed by atoms with van der Waals surface area (Å²) in [5, 5.41) is 9.55. The van der Waals surface area contributed by atoms with Crippen LogP contribution in [0.2, 0.25) is 0 Å². The maximum Gasteiger partial charge on any atom is 0.0724 e. The van der Waals surface area contributed by atoms with Crippen LogP contribution in [0.3, 0.4) is 0 Å². The molecule has 0 spiro atoms. The van der Waals surface area contributed by atoms with Crippen molar-refractivity contribution in [3.8, 4) is 23.7 Å². The van der Waals surface area contributed by atoms with E-state index in [0.717, 1.165) is 19.3 Å². The minimum Gasteiger partial charge on any atom is -0.389 e. The van der Waals surface area contributed by atoms with E-state index in [-0.39, 0.29) is 0 Å². The van der Waals surface area contributed by atoms with Crippen LogP contribution in [-0.4, -0.2) is 11.2 Å². The van der Waals surface area contributed by atoms with E-state index in [1.807, 2.05) is 19.1 Å². The molecule has 0 aliphatic carbocycles. The van der Waals surface area contributed by atoms with Crippen molar-refractivity contribution in [2.75, 3.05) is 0 Å². The maximum atomic E-state index is 9.55. The van der Waals surface area contributed by atoms with Gasteiger partial charge in [-0.05, 0) is 50.2 Å². The number of rotatable bonds is 6. The summed E-state index contributed by atoms with van der Waals surface area (Å²) in [6, 6.07) is 0. The molecule has 1 N–H and O–H groups in total. The molecule has 18 heavy (non-hydrogen) atoms. The number of aliphatic hydroxyl groups is 1. The Morgan fingerprint density at radius 2 is 1.89 bits per heavy atom. The topological polar surface area (TPSA) is 20.2 Å². The lowest BCUT2D eigenvalue weighted by Crippen LogP contribution is -2.00. The fourth-order valence-corrected chi connectivity index (χ4v) is 1.10. The summed E-state index contributed by atoms with van der Waals surface area (Å²) in [6.07, 6.45) is 14.8. The van der Waals surface area contributed by atoms with Crippen molar-refractivity contribution in [1.29, 1.82) is 0 Å². The second-order valence-corrected chi connectivity index (χ2v) is 3.57. The third-order valence-corrected chi connectivity index (χ3v) is 1.99. The molecule has 1 unspecified atom stereocenters. The van der Waals surface area contributed by atoms with Crippen molar-refractivity contribution in [3.05, 3.63) is 49.1 Å². The number of aliphatic hydroxyl groups excluding tert-OH is 1. The summed E-state index contributed by atoms with van der Waals surface area (Å²) >= 11 is 0. The van der Waals surface area contributed by atoms with Crippen molar-refractivity contribution in [2.45, 2.75) is 32.3 Å². The lowest BCUT2D eigenvalue weighted by molar-refractivity contribution is 0.210. The minimum absolute atomic E-state index is 0.392. The van der Waals surface area contributed by atoms with Crippen molar-refractivity contribution in [2.24, 2.45) is 0 Å². The van der Waals surface area contributed by atoms with Crippen molar-refractivity contribution < 1.29 is 5.11 Å². The highest BCUT2D eigenvalue weighted by atomic mass is 16.3. The molecule has 0 aromatic carbocycles. The second kappa shape index (κ2) is 13.1. The second-order valence-electron chi connectivity index (χ2n) is 3.57. The van der Waals surface area contributed by atoms with Crippen LogP contribution in [0.1, 0.15) is 26.2 Å². The highest BCUT2D eigenvalue weighted by Crippen LogP contribution is 2.02. The van der Waals surface area contributed by atoms with Gasteiger partial charge >= 0.3 is 0 Å². The first kappa shape index (κ1) is 16.0. The highest BCUT2D eigenvalue weighted by molar-refractivity contribution is 5.34. The van der Waals surface area contributed by atoms with Crippen LogP contribution in [0.15, 0.2) is 49.1 Å². The quantitative estimate of drug-likeness (QED) is 0.326. The number of unbranched alkanes of at least 4 members (excludes halogenated alkanes) is 1. The Labute approximate surface area is 111 Å². The first-order chi connectivity index (χ1) is 8.81. The van der Waals surface area contributed by atoms with E-state index in [4.69, 9.17) is 0 Å². The predicted molar refractivity (Wildman–Crippen MR) is 78.7 cm³/mol. The monoisotopic (exact) mass is 240 g/mol. The molecule has 0 aliphatic heterocycles. The molecule has 0 radical (unpaired) electrons. The molecule has 0 heterocycles. The Hall–Kier alpha value is -1.96. The maximum absolute atomic E-state index is 9.55. The van der Waals surface area contributed by atoms with Gasteiger partial charge in [0.2, 0.25) is 0 Å². The Morgan fingerprint density at radius 1 is 1.17 bits per heavy atom. The Balaban J connectivity index is 3.87. The standard InChI is InChI=1S/C17H20O/c1-3-5-7-8-9-10-11-12-14-16-17(18)15-13-6-4-2/h3-5,11-12,14,16-18H,2,6,13,15H2,1H3. The summed E-state index contributed by atoms with van der Waals surface area (Å²) in [7, 11) is 0. The molecule has 1 heteroatoms. The Kier molecular flexibility index (Phi) is 11.7. The van der Waals surface area contributed by atoms with Gasteiger partial charge in [0.25, 0.3) is 0 Å². The summed E-state index contributed by atoms with van der Waals surface area (Å²) in [4.78, 5) is 0. The molecule has 0 aliphatic rings. The molecule has 0 fully saturated rings. The zero-order valence-corrected chi connectivity index (χ0v) is 10.9. The van der Waals surface area contributed by atoms with Crippen LogP contribution in [0.25, 0.3) is 0 Å². The van der Waals surface area contributed by atoms with Gasteiger partial charge in [-0.2, -0.15) is 0 Å². The summed E-state index contributed by atoms with van der Waals surface area (Å²) in [6.45, 7) is 5.55. The lowest BCUT2D eigenvalue weighted by Gasteiger charge is -2.01. The Bertz CT molecular complexity index is 416. The zero-order chi connectivity index (χ0) is 13.5. The molecular weight excluding hydrogens is 220 g/mol. The van der Waals surface area contributed by atoms with Crippen LogP contribution in [0, 0.1) is 23.7 Å². The Morgan fingerprint density at radius 3 is 2.56 bits per heavy atom. The van der Waals surface area contributed by atoms with E-state index in [1.165, 1.54) is 0 Å². The SMILES string of the molecule is C=CCCCC(O)C=CC=CC#CC#CC=CC. The smallest absolute Gasteiger partial charge is 0.0724 e. The van der Waals surface area contributed by atoms with Gasteiger partial charge in [0, 0.05) is 0 Å². The average Bonchev–Trinajstić information content (AvgIpc) is 2.37.